The van der Waals surface area contributed by atoms with Crippen LogP contribution < -0.4 is 10.1 Å². The van der Waals surface area contributed by atoms with Crippen molar-refractivity contribution in [1.29, 1.82) is 0 Å². The van der Waals surface area contributed by atoms with Gasteiger partial charge in [-0.3, -0.25) is 4.79 Å². The van der Waals surface area contributed by atoms with Crippen molar-refractivity contribution in [1.82, 2.24) is 4.31 Å². The smallest absolute Gasteiger partial charge is 0.228 e. The summed E-state index contributed by atoms with van der Waals surface area (Å²) in [7, 11) is -1.97. The number of hydrogen-bond donors (Lipinski definition) is 1. The monoisotopic (exact) mass is 422 g/mol. The van der Waals surface area contributed by atoms with E-state index in [9.17, 15) is 13.2 Å². The molecule has 1 aliphatic heterocycles. The number of sulfonamides is 1. The summed E-state index contributed by atoms with van der Waals surface area (Å²) in [5, 5.41) is 3.36. The van der Waals surface area contributed by atoms with Gasteiger partial charge in [0, 0.05) is 29.9 Å². The van der Waals surface area contributed by atoms with Gasteiger partial charge in [0.1, 0.15) is 5.75 Å². The van der Waals surface area contributed by atoms with Gasteiger partial charge in [-0.2, -0.15) is 0 Å². The summed E-state index contributed by atoms with van der Waals surface area (Å²) in [5.41, 5.74) is 1.26. The van der Waals surface area contributed by atoms with Crippen LogP contribution in [0.5, 0.6) is 5.75 Å². The zero-order valence-corrected chi connectivity index (χ0v) is 17.2. The third-order valence-electron chi connectivity index (χ3n) is 4.72. The Hall–Kier alpha value is -2.09. The molecule has 1 heterocycles. The number of carbonyl (C=O) groups excluding carboxylic acids is 1. The first-order chi connectivity index (χ1) is 13.4. The molecule has 2 aromatic carbocycles. The molecule has 0 spiro atoms. The Labute approximate surface area is 170 Å². The van der Waals surface area contributed by atoms with Crippen molar-refractivity contribution >= 4 is 33.2 Å². The molecule has 0 bridgehead atoms. The molecule has 1 unspecified atom stereocenters. The van der Waals surface area contributed by atoms with Crippen LogP contribution in [0.3, 0.4) is 0 Å². The molecule has 0 aromatic heterocycles. The van der Waals surface area contributed by atoms with Crippen molar-refractivity contribution in [2.24, 2.45) is 5.92 Å². The second-order valence-corrected chi connectivity index (χ2v) is 9.21. The van der Waals surface area contributed by atoms with Crippen molar-refractivity contribution in [3.8, 4) is 5.75 Å². The number of hydrogen-bond acceptors (Lipinski definition) is 4. The molecule has 150 valence electrons. The fourth-order valence-corrected chi connectivity index (χ4v) is 5.09. The molecule has 1 fully saturated rings. The molecule has 1 amide bonds. The number of benzene rings is 2. The highest BCUT2D eigenvalue weighted by Crippen LogP contribution is 2.24. The van der Waals surface area contributed by atoms with Crippen LogP contribution in [0.25, 0.3) is 0 Å². The van der Waals surface area contributed by atoms with E-state index in [0.29, 0.717) is 41.4 Å². The zero-order chi connectivity index (χ0) is 20.1. The Morgan fingerprint density at radius 2 is 2.04 bits per heavy atom. The minimum atomic E-state index is -3.53. The Balaban J connectivity index is 1.66. The maximum atomic E-state index is 12.8. The van der Waals surface area contributed by atoms with E-state index in [-0.39, 0.29) is 18.2 Å². The number of piperidine rings is 1. The van der Waals surface area contributed by atoms with Gasteiger partial charge in [-0.15, -0.1) is 0 Å². The molecule has 1 aliphatic rings. The van der Waals surface area contributed by atoms with Crippen molar-refractivity contribution in [2.75, 3.05) is 25.5 Å². The summed E-state index contributed by atoms with van der Waals surface area (Å²) in [5.74, 6) is -0.0604. The second-order valence-electron chi connectivity index (χ2n) is 6.80. The first kappa shape index (κ1) is 20.6. The van der Waals surface area contributed by atoms with Gasteiger partial charge in [-0.05, 0) is 42.7 Å². The van der Waals surface area contributed by atoms with Gasteiger partial charge in [-0.25, -0.2) is 12.7 Å². The number of ether oxygens (including phenoxy) is 1. The summed E-state index contributed by atoms with van der Waals surface area (Å²) in [6.07, 6.45) is 1.30. The van der Waals surface area contributed by atoms with Gasteiger partial charge < -0.3 is 10.1 Å². The van der Waals surface area contributed by atoms with E-state index >= 15 is 0 Å². The quantitative estimate of drug-likeness (QED) is 0.772. The van der Waals surface area contributed by atoms with Crippen LogP contribution in [0.4, 0.5) is 5.69 Å². The van der Waals surface area contributed by atoms with Crippen molar-refractivity contribution in [3.63, 3.8) is 0 Å². The molecule has 1 N–H and O–H groups in total. The fraction of sp³-hybridized carbons (Fsp3) is 0.350. The van der Waals surface area contributed by atoms with Gasteiger partial charge in [-0.1, -0.05) is 29.8 Å². The van der Waals surface area contributed by atoms with Gasteiger partial charge in [0.05, 0.1) is 18.8 Å². The first-order valence-corrected chi connectivity index (χ1v) is 11.0. The van der Waals surface area contributed by atoms with E-state index in [1.54, 1.807) is 55.6 Å². The van der Waals surface area contributed by atoms with Crippen LogP contribution in [0.2, 0.25) is 5.02 Å². The Morgan fingerprint density at radius 3 is 2.79 bits per heavy atom. The van der Waals surface area contributed by atoms with Gasteiger partial charge in [0.25, 0.3) is 0 Å². The van der Waals surface area contributed by atoms with Crippen LogP contribution in [0, 0.1) is 5.92 Å². The second kappa shape index (κ2) is 8.94. The lowest BCUT2D eigenvalue weighted by molar-refractivity contribution is -0.120. The fourth-order valence-electron chi connectivity index (χ4n) is 3.28. The van der Waals surface area contributed by atoms with E-state index in [0.717, 1.165) is 0 Å². The number of carbonyl (C=O) groups is 1. The molecule has 1 atom stereocenters. The molecular formula is C20H23ClN2O4S. The molecule has 28 heavy (non-hydrogen) atoms. The summed E-state index contributed by atoms with van der Waals surface area (Å²) in [6, 6.07) is 13.9. The summed E-state index contributed by atoms with van der Waals surface area (Å²) in [4.78, 5) is 12.7. The topological polar surface area (TPSA) is 75.7 Å². The number of nitrogens with zero attached hydrogens (tertiary/aromatic N) is 1. The lowest BCUT2D eigenvalue weighted by Crippen LogP contribution is -2.44. The highest BCUT2D eigenvalue weighted by molar-refractivity contribution is 7.88. The van der Waals surface area contributed by atoms with E-state index in [4.69, 9.17) is 16.3 Å². The lowest BCUT2D eigenvalue weighted by Gasteiger charge is -2.31. The van der Waals surface area contributed by atoms with Gasteiger partial charge in [0.2, 0.25) is 15.9 Å². The maximum Gasteiger partial charge on any atom is 0.228 e. The minimum absolute atomic E-state index is 0.127. The standard InChI is InChI=1S/C20H23ClN2O4S/c1-27-19-9-3-8-18(12-19)22-20(24)16-6-4-10-23(13-16)28(25,26)14-15-5-2-7-17(21)11-15/h2-3,5,7-9,11-12,16H,4,6,10,13-14H2,1H3,(H,22,24). The predicted octanol–water partition coefficient (Wildman–Crippen LogP) is 3.53. The first-order valence-electron chi connectivity index (χ1n) is 9.04. The van der Waals surface area contributed by atoms with E-state index in [1.807, 2.05) is 0 Å². The van der Waals surface area contributed by atoms with Gasteiger partial charge >= 0.3 is 0 Å². The van der Waals surface area contributed by atoms with E-state index in [2.05, 4.69) is 5.32 Å². The predicted molar refractivity (Wildman–Crippen MR) is 110 cm³/mol. The molecular weight excluding hydrogens is 400 g/mol. The van der Waals surface area contributed by atoms with Crippen LogP contribution in [-0.2, 0) is 20.6 Å². The van der Waals surface area contributed by atoms with E-state index in [1.165, 1.54) is 4.31 Å². The normalized spacial score (nSPS) is 17.9. The molecule has 2 aromatic rings. The number of amides is 1. The number of nitrogens with one attached hydrogen (secondary N) is 1. The SMILES string of the molecule is COc1cccc(NC(=O)C2CCCN(S(=O)(=O)Cc3cccc(Cl)c3)C2)c1. The number of rotatable bonds is 6. The summed E-state index contributed by atoms with van der Waals surface area (Å²) in [6.45, 7) is 0.602. The Kier molecular flexibility index (Phi) is 6.59. The van der Waals surface area contributed by atoms with Gasteiger partial charge in [0.15, 0.2) is 0 Å². The molecule has 8 heteroatoms. The molecule has 0 saturated carbocycles. The average molecular weight is 423 g/mol. The average Bonchev–Trinajstić information content (AvgIpc) is 2.68. The number of halogens is 1. The lowest BCUT2D eigenvalue weighted by atomic mass is 9.98. The van der Waals surface area contributed by atoms with Crippen LogP contribution in [0.15, 0.2) is 48.5 Å². The van der Waals surface area contributed by atoms with E-state index < -0.39 is 15.9 Å². The number of methoxy groups -OCH3 is 1. The van der Waals surface area contributed by atoms with Crippen molar-refractivity contribution in [2.45, 2.75) is 18.6 Å². The Morgan fingerprint density at radius 1 is 1.25 bits per heavy atom. The van der Waals surface area contributed by atoms with Crippen molar-refractivity contribution in [3.05, 3.63) is 59.1 Å². The third kappa shape index (κ3) is 5.25. The van der Waals surface area contributed by atoms with Crippen LogP contribution >= 0.6 is 11.6 Å². The minimum Gasteiger partial charge on any atom is -0.497 e. The molecule has 6 nitrogen and oxygen atoms in total. The maximum absolute atomic E-state index is 12.8. The molecule has 3 rings (SSSR count). The zero-order valence-electron chi connectivity index (χ0n) is 15.6. The van der Waals surface area contributed by atoms with Crippen molar-refractivity contribution < 1.29 is 17.9 Å². The number of anilines is 1. The third-order valence-corrected chi connectivity index (χ3v) is 6.78. The van der Waals surface area contributed by atoms with Crippen LogP contribution in [-0.4, -0.2) is 38.8 Å². The molecule has 1 saturated heterocycles. The summed E-state index contributed by atoms with van der Waals surface area (Å²) >= 11 is 5.95. The molecule has 0 aliphatic carbocycles. The largest absolute Gasteiger partial charge is 0.497 e. The highest BCUT2D eigenvalue weighted by Gasteiger charge is 2.32. The molecule has 0 radical (unpaired) electrons. The van der Waals surface area contributed by atoms with Crippen LogP contribution in [0.1, 0.15) is 18.4 Å². The Bertz CT molecular complexity index is 949. The highest BCUT2D eigenvalue weighted by atomic mass is 35.5. The summed E-state index contributed by atoms with van der Waals surface area (Å²) < 4.78 is 32.2.